The van der Waals surface area contributed by atoms with Gasteiger partial charge in [0.15, 0.2) is 0 Å². The smallest absolute Gasteiger partial charge is 0.238 e. The van der Waals surface area contributed by atoms with Crippen molar-refractivity contribution in [1.29, 1.82) is 0 Å². The number of anilines is 1. The summed E-state index contributed by atoms with van der Waals surface area (Å²) in [4.78, 5) is 24.0. The number of hydrogen-bond donors (Lipinski definition) is 4. The van der Waals surface area contributed by atoms with Crippen molar-refractivity contribution in [3.63, 3.8) is 0 Å². The highest BCUT2D eigenvalue weighted by Gasteiger charge is 2.19. The van der Waals surface area contributed by atoms with Crippen LogP contribution >= 0.6 is 0 Å². The molecule has 0 unspecified atom stereocenters. The Morgan fingerprint density at radius 2 is 1.77 bits per heavy atom. The second-order valence-electron chi connectivity index (χ2n) is 6.92. The van der Waals surface area contributed by atoms with E-state index in [1.807, 2.05) is 0 Å². The van der Waals surface area contributed by atoms with Gasteiger partial charge < -0.3 is 19.9 Å². The van der Waals surface area contributed by atoms with Crippen molar-refractivity contribution in [1.82, 2.24) is 0 Å². The molecule has 4 rings (SSSR count). The number of primary sulfonamides is 1. The van der Waals surface area contributed by atoms with Gasteiger partial charge in [0.2, 0.25) is 21.4 Å². The van der Waals surface area contributed by atoms with E-state index >= 15 is 0 Å². The number of benzene rings is 3. The largest absolute Gasteiger partial charge is 0.508 e. The van der Waals surface area contributed by atoms with Gasteiger partial charge in [0.1, 0.15) is 28.1 Å². The zero-order valence-electron chi connectivity index (χ0n) is 16.0. The molecule has 0 saturated heterocycles. The fraction of sp³-hybridized carbons (Fsp3) is 0.0476. The topological polar surface area (TPSA) is 160 Å². The minimum atomic E-state index is -4.11. The maximum Gasteiger partial charge on any atom is 0.238 e. The lowest BCUT2D eigenvalue weighted by atomic mass is 10.0. The summed E-state index contributed by atoms with van der Waals surface area (Å²) < 4.78 is 29.9. The van der Waals surface area contributed by atoms with Gasteiger partial charge in [0, 0.05) is 30.3 Å². The Morgan fingerprint density at radius 1 is 1.03 bits per heavy atom. The number of nitrogens with one attached hydrogen (secondary N) is 1. The predicted molar refractivity (Wildman–Crippen MR) is 114 cm³/mol. The zero-order chi connectivity index (χ0) is 22.5. The molecule has 1 aromatic heterocycles. The normalized spacial score (nSPS) is 11.7. The summed E-state index contributed by atoms with van der Waals surface area (Å²) in [7, 11) is -4.11. The molecule has 0 spiro atoms. The highest BCUT2D eigenvalue weighted by molar-refractivity contribution is 7.89. The first-order valence-electron chi connectivity index (χ1n) is 8.92. The minimum absolute atomic E-state index is 0.0363. The van der Waals surface area contributed by atoms with Gasteiger partial charge >= 0.3 is 0 Å². The third-order valence-electron chi connectivity index (χ3n) is 4.66. The lowest BCUT2D eigenvalue weighted by Crippen LogP contribution is -2.14. The molecule has 4 aromatic rings. The molecule has 0 radical (unpaired) electrons. The molecule has 10 heteroatoms. The van der Waals surface area contributed by atoms with Crippen LogP contribution in [0.2, 0.25) is 0 Å². The van der Waals surface area contributed by atoms with Gasteiger partial charge in [-0.25, -0.2) is 13.6 Å². The monoisotopic (exact) mass is 440 g/mol. The first kappa shape index (κ1) is 20.4. The maximum absolute atomic E-state index is 12.8. The standard InChI is InChI=1S/C21H16N2O7S/c1-10(24)23-12-3-5-19(31(22,28)29)15(7-12)11-2-4-14-17(6-11)30-18-9-13(25)8-16(26)20(18)21(14)27/h2-9,25-26H,1H3,(H,23,24)(H2,22,28,29). The molecule has 0 aliphatic rings. The number of nitrogens with two attached hydrogens (primary N) is 1. The van der Waals surface area contributed by atoms with Crippen LogP contribution in [0.25, 0.3) is 33.1 Å². The van der Waals surface area contributed by atoms with E-state index in [0.29, 0.717) is 11.3 Å². The van der Waals surface area contributed by atoms with Gasteiger partial charge in [-0.1, -0.05) is 6.07 Å². The molecule has 3 aromatic carbocycles. The second kappa shape index (κ2) is 7.11. The van der Waals surface area contributed by atoms with Crippen LogP contribution in [0.5, 0.6) is 11.5 Å². The summed E-state index contributed by atoms with van der Waals surface area (Å²) in [5, 5.41) is 27.7. The molecule has 9 nitrogen and oxygen atoms in total. The summed E-state index contributed by atoms with van der Waals surface area (Å²) in [6.45, 7) is 1.31. The Morgan fingerprint density at radius 3 is 2.45 bits per heavy atom. The van der Waals surface area contributed by atoms with E-state index in [2.05, 4.69) is 5.32 Å². The first-order valence-corrected chi connectivity index (χ1v) is 10.5. The SMILES string of the molecule is CC(=O)Nc1ccc(S(N)(=O)=O)c(-c2ccc3c(=O)c4c(O)cc(O)cc4oc3c2)c1. The summed E-state index contributed by atoms with van der Waals surface area (Å²) in [6, 6.07) is 10.7. The molecule has 0 aliphatic heterocycles. The van der Waals surface area contributed by atoms with E-state index in [9.17, 15) is 28.2 Å². The van der Waals surface area contributed by atoms with E-state index in [4.69, 9.17) is 9.56 Å². The van der Waals surface area contributed by atoms with Crippen molar-refractivity contribution < 1.29 is 27.8 Å². The van der Waals surface area contributed by atoms with Crippen LogP contribution in [0.4, 0.5) is 5.69 Å². The van der Waals surface area contributed by atoms with E-state index in [0.717, 1.165) is 6.07 Å². The second-order valence-corrected chi connectivity index (χ2v) is 8.45. The molecule has 0 atom stereocenters. The number of sulfonamides is 1. The number of amides is 1. The lowest BCUT2D eigenvalue weighted by molar-refractivity contribution is -0.114. The van der Waals surface area contributed by atoms with Crippen LogP contribution in [0.3, 0.4) is 0 Å². The molecule has 158 valence electrons. The minimum Gasteiger partial charge on any atom is -0.508 e. The average molecular weight is 440 g/mol. The summed E-state index contributed by atoms with van der Waals surface area (Å²) in [5.74, 6) is -1.05. The number of phenolic OH excluding ortho intramolecular Hbond substituents is 2. The van der Waals surface area contributed by atoms with Gasteiger partial charge in [0.25, 0.3) is 0 Å². The fourth-order valence-electron chi connectivity index (χ4n) is 3.40. The zero-order valence-corrected chi connectivity index (χ0v) is 16.9. The number of fused-ring (bicyclic) bond motifs is 2. The van der Waals surface area contributed by atoms with Crippen LogP contribution in [-0.2, 0) is 14.8 Å². The van der Waals surface area contributed by atoms with Crippen LogP contribution < -0.4 is 15.9 Å². The highest BCUT2D eigenvalue weighted by atomic mass is 32.2. The van der Waals surface area contributed by atoms with E-state index < -0.39 is 21.2 Å². The Labute approximate surface area is 175 Å². The quantitative estimate of drug-likeness (QED) is 0.356. The van der Waals surface area contributed by atoms with Crippen LogP contribution in [-0.4, -0.2) is 24.5 Å². The molecule has 0 saturated carbocycles. The maximum atomic E-state index is 12.8. The van der Waals surface area contributed by atoms with Gasteiger partial charge in [-0.3, -0.25) is 9.59 Å². The first-order chi connectivity index (χ1) is 14.5. The number of carbonyl (C=O) groups is 1. The van der Waals surface area contributed by atoms with Crippen molar-refractivity contribution >= 4 is 43.6 Å². The molecule has 0 aliphatic carbocycles. The Kier molecular flexibility index (Phi) is 4.68. The number of hydrogen-bond acceptors (Lipinski definition) is 7. The molecular weight excluding hydrogens is 424 g/mol. The third-order valence-corrected chi connectivity index (χ3v) is 5.63. The van der Waals surface area contributed by atoms with Crippen molar-refractivity contribution in [3.05, 3.63) is 58.8 Å². The number of rotatable bonds is 3. The number of phenols is 2. The van der Waals surface area contributed by atoms with Gasteiger partial charge in [0.05, 0.1) is 10.3 Å². The van der Waals surface area contributed by atoms with E-state index in [1.165, 1.54) is 49.4 Å². The molecule has 0 fully saturated rings. The molecule has 1 amide bonds. The summed E-state index contributed by atoms with van der Waals surface area (Å²) in [6.07, 6.45) is 0. The number of aromatic hydroxyl groups is 2. The molecule has 1 heterocycles. The van der Waals surface area contributed by atoms with E-state index in [1.54, 1.807) is 0 Å². The molecule has 5 N–H and O–H groups in total. The summed E-state index contributed by atoms with van der Waals surface area (Å²) >= 11 is 0. The summed E-state index contributed by atoms with van der Waals surface area (Å²) in [5.41, 5.74) is 0.452. The van der Waals surface area contributed by atoms with Crippen molar-refractivity contribution in [2.75, 3.05) is 5.32 Å². The van der Waals surface area contributed by atoms with Gasteiger partial charge in [-0.2, -0.15) is 0 Å². The van der Waals surface area contributed by atoms with Crippen LogP contribution in [0.15, 0.2) is 62.6 Å². The van der Waals surface area contributed by atoms with Crippen molar-refractivity contribution in [3.8, 4) is 22.6 Å². The lowest BCUT2D eigenvalue weighted by Gasteiger charge is -2.12. The van der Waals surface area contributed by atoms with Gasteiger partial charge in [-0.05, 0) is 35.9 Å². The Balaban J connectivity index is 2.01. The van der Waals surface area contributed by atoms with Crippen LogP contribution in [0.1, 0.15) is 6.92 Å². The van der Waals surface area contributed by atoms with E-state index in [-0.39, 0.29) is 44.1 Å². The van der Waals surface area contributed by atoms with Crippen LogP contribution in [0, 0.1) is 0 Å². The molecule has 0 bridgehead atoms. The number of carbonyl (C=O) groups excluding carboxylic acids is 1. The molecule has 31 heavy (non-hydrogen) atoms. The van der Waals surface area contributed by atoms with Crippen molar-refractivity contribution in [2.45, 2.75) is 11.8 Å². The van der Waals surface area contributed by atoms with Gasteiger partial charge in [-0.15, -0.1) is 0 Å². The van der Waals surface area contributed by atoms with Crippen molar-refractivity contribution in [2.24, 2.45) is 5.14 Å². The molecular formula is C21H16N2O7S. The highest BCUT2D eigenvalue weighted by Crippen LogP contribution is 2.34. The Hall–Kier alpha value is -3.89. The fourth-order valence-corrected chi connectivity index (χ4v) is 4.14. The Bertz CT molecular complexity index is 1560. The average Bonchev–Trinajstić information content (AvgIpc) is 2.65. The third kappa shape index (κ3) is 3.69. The predicted octanol–water partition coefficient (Wildman–Crippen LogP) is 2.63.